The Morgan fingerprint density at radius 1 is 1.36 bits per heavy atom. The predicted molar refractivity (Wildman–Crippen MR) is 48.1 cm³/mol. The summed E-state index contributed by atoms with van der Waals surface area (Å²) >= 11 is 0. The van der Waals surface area contributed by atoms with Gasteiger partial charge in [-0.3, -0.25) is 0 Å². The van der Waals surface area contributed by atoms with Gasteiger partial charge >= 0.3 is 0 Å². The van der Waals surface area contributed by atoms with E-state index in [-0.39, 0.29) is 6.10 Å². The molecule has 0 amide bonds. The summed E-state index contributed by atoms with van der Waals surface area (Å²) in [6, 6.07) is 3.73. The van der Waals surface area contributed by atoms with Crippen molar-refractivity contribution in [3.8, 4) is 0 Å². The van der Waals surface area contributed by atoms with Crippen LogP contribution in [-0.4, -0.2) is 11.8 Å². The maximum Gasteiger partial charge on any atom is 0.159 e. The zero-order chi connectivity index (χ0) is 10.1. The van der Waals surface area contributed by atoms with Gasteiger partial charge in [0.05, 0.1) is 5.71 Å². The second-order valence-electron chi connectivity index (χ2n) is 3.29. The number of hydrogen-bond donors (Lipinski definition) is 0. The fourth-order valence-corrected chi connectivity index (χ4v) is 1.35. The maximum atomic E-state index is 12.9. The minimum absolute atomic E-state index is 0.0121. The van der Waals surface area contributed by atoms with Crippen LogP contribution in [0.3, 0.4) is 0 Å². The zero-order valence-corrected chi connectivity index (χ0v) is 7.63. The van der Waals surface area contributed by atoms with E-state index in [0.29, 0.717) is 17.7 Å². The lowest BCUT2D eigenvalue weighted by Gasteiger charge is -1.99. The Hall–Kier alpha value is -1.45. The van der Waals surface area contributed by atoms with Crippen LogP contribution in [-0.2, 0) is 4.84 Å². The van der Waals surface area contributed by atoms with Gasteiger partial charge in [-0.2, -0.15) is 0 Å². The lowest BCUT2D eigenvalue weighted by molar-refractivity contribution is 0.0995. The van der Waals surface area contributed by atoms with E-state index in [1.807, 2.05) is 6.92 Å². The molecule has 4 heteroatoms. The molecule has 1 heterocycles. The first-order chi connectivity index (χ1) is 6.66. The molecule has 1 unspecified atom stereocenters. The molecule has 0 N–H and O–H groups in total. The van der Waals surface area contributed by atoms with Crippen LogP contribution >= 0.6 is 0 Å². The highest BCUT2D eigenvalue weighted by molar-refractivity contribution is 6.01. The molecular weight excluding hydrogens is 188 g/mol. The minimum Gasteiger partial charge on any atom is -0.392 e. The van der Waals surface area contributed by atoms with Gasteiger partial charge in [0.15, 0.2) is 11.6 Å². The number of nitrogens with zero attached hydrogens (tertiary/aromatic N) is 1. The molecule has 2 nitrogen and oxygen atoms in total. The second kappa shape index (κ2) is 3.36. The van der Waals surface area contributed by atoms with Gasteiger partial charge in [0, 0.05) is 12.0 Å². The van der Waals surface area contributed by atoms with Gasteiger partial charge < -0.3 is 4.84 Å². The third-order valence-corrected chi connectivity index (χ3v) is 2.08. The Bertz CT molecular complexity index is 390. The molecule has 0 radical (unpaired) electrons. The molecule has 74 valence electrons. The molecule has 0 spiro atoms. The Balaban J connectivity index is 2.30. The first-order valence-electron chi connectivity index (χ1n) is 4.35. The number of benzene rings is 1. The van der Waals surface area contributed by atoms with Crippen molar-refractivity contribution in [2.75, 3.05) is 0 Å². The Kier molecular flexibility index (Phi) is 2.19. The quantitative estimate of drug-likeness (QED) is 0.677. The molecule has 1 atom stereocenters. The van der Waals surface area contributed by atoms with Gasteiger partial charge in [0.1, 0.15) is 6.10 Å². The normalized spacial score (nSPS) is 20.5. The number of rotatable bonds is 1. The van der Waals surface area contributed by atoms with Crippen molar-refractivity contribution < 1.29 is 13.6 Å². The van der Waals surface area contributed by atoms with Crippen LogP contribution in [0.15, 0.2) is 23.4 Å². The molecular formula is C10H9F2NO. The van der Waals surface area contributed by atoms with Gasteiger partial charge in [-0.15, -0.1) is 0 Å². The summed E-state index contributed by atoms with van der Waals surface area (Å²) in [5.74, 6) is -1.70. The molecule has 14 heavy (non-hydrogen) atoms. The van der Waals surface area contributed by atoms with Gasteiger partial charge in [-0.05, 0) is 25.1 Å². The SMILES string of the molecule is CC1CC(c2ccc(F)c(F)c2)=NO1. The molecule has 0 aromatic heterocycles. The highest BCUT2D eigenvalue weighted by atomic mass is 19.2. The van der Waals surface area contributed by atoms with Gasteiger partial charge in [0.2, 0.25) is 0 Å². The maximum absolute atomic E-state index is 12.9. The standard InChI is InChI=1S/C10H9F2NO/c1-6-4-10(13-14-6)7-2-3-8(11)9(12)5-7/h2-3,5-6H,4H2,1H3. The van der Waals surface area contributed by atoms with Gasteiger partial charge in [-0.1, -0.05) is 5.16 Å². The number of oxime groups is 1. The van der Waals surface area contributed by atoms with E-state index in [9.17, 15) is 8.78 Å². The summed E-state index contributed by atoms with van der Waals surface area (Å²) in [4.78, 5) is 4.96. The van der Waals surface area contributed by atoms with Crippen LogP contribution in [0.25, 0.3) is 0 Å². The third kappa shape index (κ3) is 1.60. The summed E-state index contributed by atoms with van der Waals surface area (Å²) in [6.07, 6.45) is 0.642. The predicted octanol–water partition coefficient (Wildman–Crippen LogP) is 2.48. The number of hydrogen-bond acceptors (Lipinski definition) is 2. The molecule has 1 aliphatic rings. The first kappa shape index (κ1) is 9.12. The minimum atomic E-state index is -0.857. The van der Waals surface area contributed by atoms with Crippen molar-refractivity contribution in [3.05, 3.63) is 35.4 Å². The van der Waals surface area contributed by atoms with E-state index in [1.54, 1.807) is 0 Å². The van der Waals surface area contributed by atoms with Crippen molar-refractivity contribution in [1.29, 1.82) is 0 Å². The molecule has 0 bridgehead atoms. The zero-order valence-electron chi connectivity index (χ0n) is 7.63. The highest BCUT2D eigenvalue weighted by Crippen LogP contribution is 2.17. The Labute approximate surface area is 80.2 Å². The molecule has 1 aromatic rings. The third-order valence-electron chi connectivity index (χ3n) is 2.08. The van der Waals surface area contributed by atoms with Crippen molar-refractivity contribution in [3.63, 3.8) is 0 Å². The summed E-state index contributed by atoms with van der Waals surface area (Å²) < 4.78 is 25.5. The van der Waals surface area contributed by atoms with Crippen LogP contribution in [0.1, 0.15) is 18.9 Å². The second-order valence-corrected chi connectivity index (χ2v) is 3.29. The van der Waals surface area contributed by atoms with Crippen LogP contribution in [0.4, 0.5) is 8.78 Å². The first-order valence-corrected chi connectivity index (χ1v) is 4.35. The average Bonchev–Trinajstić information content (AvgIpc) is 2.57. The van der Waals surface area contributed by atoms with E-state index >= 15 is 0 Å². The molecule has 2 rings (SSSR count). The lowest BCUT2D eigenvalue weighted by atomic mass is 10.1. The molecule has 0 saturated carbocycles. The topological polar surface area (TPSA) is 21.6 Å². The summed E-state index contributed by atoms with van der Waals surface area (Å²) in [5, 5.41) is 3.79. The van der Waals surface area contributed by atoms with E-state index in [2.05, 4.69) is 5.16 Å². The van der Waals surface area contributed by atoms with Gasteiger partial charge in [0.25, 0.3) is 0 Å². The van der Waals surface area contributed by atoms with Crippen LogP contribution < -0.4 is 0 Å². The van der Waals surface area contributed by atoms with E-state index in [4.69, 9.17) is 4.84 Å². The van der Waals surface area contributed by atoms with Crippen LogP contribution in [0.5, 0.6) is 0 Å². The summed E-state index contributed by atoms with van der Waals surface area (Å²) in [5.41, 5.74) is 1.24. The van der Waals surface area contributed by atoms with Crippen LogP contribution in [0, 0.1) is 11.6 Å². The van der Waals surface area contributed by atoms with Crippen molar-refractivity contribution in [2.24, 2.45) is 5.16 Å². The molecule has 1 aromatic carbocycles. The van der Waals surface area contributed by atoms with E-state index in [1.165, 1.54) is 6.07 Å². The lowest BCUT2D eigenvalue weighted by Crippen LogP contribution is -2.03. The van der Waals surface area contributed by atoms with Crippen molar-refractivity contribution in [2.45, 2.75) is 19.4 Å². The van der Waals surface area contributed by atoms with Crippen molar-refractivity contribution in [1.82, 2.24) is 0 Å². The Morgan fingerprint density at radius 2 is 2.14 bits per heavy atom. The molecule has 0 fully saturated rings. The fourth-order valence-electron chi connectivity index (χ4n) is 1.35. The van der Waals surface area contributed by atoms with Crippen LogP contribution in [0.2, 0.25) is 0 Å². The molecule has 0 aliphatic carbocycles. The van der Waals surface area contributed by atoms with E-state index in [0.717, 1.165) is 12.1 Å². The van der Waals surface area contributed by atoms with Gasteiger partial charge in [-0.25, -0.2) is 8.78 Å². The van der Waals surface area contributed by atoms with E-state index < -0.39 is 11.6 Å². The summed E-state index contributed by atoms with van der Waals surface area (Å²) in [6.45, 7) is 1.87. The van der Waals surface area contributed by atoms with Crippen molar-refractivity contribution >= 4 is 5.71 Å². The fraction of sp³-hybridized carbons (Fsp3) is 0.300. The monoisotopic (exact) mass is 197 g/mol. The summed E-state index contributed by atoms with van der Waals surface area (Å²) in [7, 11) is 0. The smallest absolute Gasteiger partial charge is 0.159 e. The largest absolute Gasteiger partial charge is 0.392 e. The number of halogens is 2. The average molecular weight is 197 g/mol. The molecule has 1 aliphatic heterocycles. The molecule has 0 saturated heterocycles. The highest BCUT2D eigenvalue weighted by Gasteiger charge is 2.18. The Morgan fingerprint density at radius 3 is 2.71 bits per heavy atom.